The van der Waals surface area contributed by atoms with Gasteiger partial charge in [0.2, 0.25) is 5.90 Å². The smallest absolute Gasteiger partial charge is 0.363 e. The maximum absolute atomic E-state index is 13.8. The number of halogens is 2. The van der Waals surface area contributed by atoms with Gasteiger partial charge in [0.1, 0.15) is 24.0 Å². The first-order chi connectivity index (χ1) is 14.1. The van der Waals surface area contributed by atoms with E-state index in [2.05, 4.69) is 4.99 Å². The average molecular weight is 391 g/mol. The minimum Gasteiger partial charge on any atom is -0.488 e. The van der Waals surface area contributed by atoms with Crippen LogP contribution in [-0.2, 0) is 16.1 Å². The first kappa shape index (κ1) is 18.6. The van der Waals surface area contributed by atoms with Gasteiger partial charge in [0.05, 0.1) is 0 Å². The zero-order chi connectivity index (χ0) is 20.2. The third-order valence-corrected chi connectivity index (χ3v) is 4.24. The molecule has 0 spiro atoms. The summed E-state index contributed by atoms with van der Waals surface area (Å²) in [6.07, 6.45) is 1.52. The molecule has 3 aromatic rings. The second kappa shape index (κ2) is 8.06. The van der Waals surface area contributed by atoms with Gasteiger partial charge in [-0.3, -0.25) is 0 Å². The van der Waals surface area contributed by atoms with Crippen LogP contribution in [0.4, 0.5) is 8.78 Å². The largest absolute Gasteiger partial charge is 0.488 e. The van der Waals surface area contributed by atoms with Crippen LogP contribution in [0.2, 0.25) is 0 Å². The van der Waals surface area contributed by atoms with Gasteiger partial charge in [-0.25, -0.2) is 18.6 Å². The van der Waals surface area contributed by atoms with Gasteiger partial charge >= 0.3 is 5.97 Å². The Morgan fingerprint density at radius 1 is 0.966 bits per heavy atom. The highest BCUT2D eigenvalue weighted by molar-refractivity contribution is 6.12. The van der Waals surface area contributed by atoms with Crippen molar-refractivity contribution in [1.29, 1.82) is 0 Å². The summed E-state index contributed by atoms with van der Waals surface area (Å²) in [5.74, 6) is -0.957. The minimum atomic E-state index is -0.645. The normalized spacial score (nSPS) is 14.6. The van der Waals surface area contributed by atoms with Crippen LogP contribution in [-0.4, -0.2) is 11.9 Å². The van der Waals surface area contributed by atoms with Crippen molar-refractivity contribution in [2.45, 2.75) is 6.61 Å². The Balaban J connectivity index is 1.59. The lowest BCUT2D eigenvalue weighted by Crippen LogP contribution is -2.05. The molecule has 0 radical (unpaired) electrons. The molecule has 6 heteroatoms. The van der Waals surface area contributed by atoms with E-state index in [1.807, 2.05) is 0 Å². The number of hydrogen-bond acceptors (Lipinski definition) is 4. The van der Waals surface area contributed by atoms with E-state index in [9.17, 15) is 13.6 Å². The molecule has 4 rings (SSSR count). The molecule has 0 unspecified atom stereocenters. The number of ether oxygens (including phenoxy) is 2. The topological polar surface area (TPSA) is 47.9 Å². The fourth-order valence-corrected chi connectivity index (χ4v) is 2.80. The van der Waals surface area contributed by atoms with E-state index in [0.29, 0.717) is 22.4 Å². The summed E-state index contributed by atoms with van der Waals surface area (Å²) >= 11 is 0. The molecule has 0 N–H and O–H groups in total. The number of esters is 1. The molecular formula is C23H15F2NO3. The molecule has 0 aromatic heterocycles. The predicted octanol–water partition coefficient (Wildman–Crippen LogP) is 4.89. The molecule has 1 aliphatic heterocycles. The van der Waals surface area contributed by atoms with Crippen LogP contribution in [0.5, 0.6) is 5.75 Å². The number of hydrogen-bond donors (Lipinski definition) is 0. The molecule has 1 aliphatic rings. The van der Waals surface area contributed by atoms with Gasteiger partial charge in [-0.2, -0.15) is 0 Å². The van der Waals surface area contributed by atoms with E-state index < -0.39 is 11.8 Å². The molecule has 3 aromatic carbocycles. The van der Waals surface area contributed by atoms with E-state index in [1.54, 1.807) is 48.5 Å². The maximum Gasteiger partial charge on any atom is 0.363 e. The quantitative estimate of drug-likeness (QED) is 0.460. The van der Waals surface area contributed by atoms with Crippen LogP contribution in [0.1, 0.15) is 16.7 Å². The number of rotatable bonds is 5. The molecule has 0 atom stereocenters. The number of nitrogens with zero attached hydrogens (tertiary/aromatic N) is 1. The number of carbonyl (C=O) groups is 1. The van der Waals surface area contributed by atoms with Gasteiger partial charge in [0.15, 0.2) is 5.70 Å². The Labute approximate surface area is 165 Å². The first-order valence-corrected chi connectivity index (χ1v) is 8.84. The highest BCUT2D eigenvalue weighted by atomic mass is 19.1. The summed E-state index contributed by atoms with van der Waals surface area (Å²) in [4.78, 5) is 16.4. The molecule has 144 valence electrons. The molecule has 0 amide bonds. The molecule has 0 fully saturated rings. The monoisotopic (exact) mass is 391 g/mol. The van der Waals surface area contributed by atoms with E-state index >= 15 is 0 Å². The maximum atomic E-state index is 13.8. The number of para-hydroxylation sites is 1. The van der Waals surface area contributed by atoms with Gasteiger partial charge < -0.3 is 9.47 Å². The molecule has 0 saturated carbocycles. The summed E-state index contributed by atoms with van der Waals surface area (Å²) in [5.41, 5.74) is 1.43. The Kier molecular flexibility index (Phi) is 5.16. The summed E-state index contributed by atoms with van der Waals surface area (Å²) in [5, 5.41) is 0. The van der Waals surface area contributed by atoms with Gasteiger partial charge in [0, 0.05) is 16.7 Å². The molecule has 4 nitrogen and oxygen atoms in total. The standard InChI is InChI=1S/C23H15F2NO3/c24-18-9-5-8-16(12-18)22-26-20(23(27)29-22)13-15-6-2-4-11-21(15)28-14-17-7-1-3-10-19(17)25/h1-13H,14H2/b20-13-. The van der Waals surface area contributed by atoms with E-state index in [-0.39, 0.29) is 24.0 Å². The van der Waals surface area contributed by atoms with E-state index in [0.717, 1.165) is 0 Å². The number of benzene rings is 3. The van der Waals surface area contributed by atoms with Crippen molar-refractivity contribution in [3.63, 3.8) is 0 Å². The molecule has 0 bridgehead atoms. The van der Waals surface area contributed by atoms with Crippen LogP contribution < -0.4 is 4.74 Å². The zero-order valence-corrected chi connectivity index (χ0v) is 15.1. The second-order valence-corrected chi connectivity index (χ2v) is 6.26. The number of carbonyl (C=O) groups excluding carboxylic acids is 1. The van der Waals surface area contributed by atoms with Crippen molar-refractivity contribution >= 4 is 17.9 Å². The third kappa shape index (κ3) is 4.21. The van der Waals surface area contributed by atoms with Crippen molar-refractivity contribution in [1.82, 2.24) is 0 Å². The van der Waals surface area contributed by atoms with Crippen molar-refractivity contribution in [2.75, 3.05) is 0 Å². The van der Waals surface area contributed by atoms with Crippen LogP contribution in [0, 0.1) is 11.6 Å². The summed E-state index contributed by atoms with van der Waals surface area (Å²) in [6, 6.07) is 19.0. The Morgan fingerprint density at radius 2 is 1.76 bits per heavy atom. The Hall–Kier alpha value is -3.80. The fraction of sp³-hybridized carbons (Fsp3) is 0.0435. The number of cyclic esters (lactones) is 1. The van der Waals surface area contributed by atoms with Crippen LogP contribution >= 0.6 is 0 Å². The number of aliphatic imine (C=N–C) groups is 1. The minimum absolute atomic E-state index is 0.0329. The van der Waals surface area contributed by atoms with Crippen molar-refractivity contribution < 1.29 is 23.0 Å². The Bertz CT molecular complexity index is 1140. The van der Waals surface area contributed by atoms with Gasteiger partial charge in [-0.15, -0.1) is 0 Å². The van der Waals surface area contributed by atoms with Gasteiger partial charge in [-0.05, 0) is 36.4 Å². The first-order valence-electron chi connectivity index (χ1n) is 8.84. The fourth-order valence-electron chi connectivity index (χ4n) is 2.80. The summed E-state index contributed by atoms with van der Waals surface area (Å²) in [7, 11) is 0. The summed E-state index contributed by atoms with van der Waals surface area (Å²) < 4.78 is 38.1. The van der Waals surface area contributed by atoms with E-state index in [4.69, 9.17) is 9.47 Å². The SMILES string of the molecule is O=C1OC(c2cccc(F)c2)=N/C1=C\c1ccccc1OCc1ccccc1F. The highest BCUT2D eigenvalue weighted by Gasteiger charge is 2.24. The van der Waals surface area contributed by atoms with Crippen molar-refractivity contribution in [2.24, 2.45) is 4.99 Å². The second-order valence-electron chi connectivity index (χ2n) is 6.26. The molecule has 1 heterocycles. The van der Waals surface area contributed by atoms with Gasteiger partial charge in [-0.1, -0.05) is 42.5 Å². The van der Waals surface area contributed by atoms with E-state index in [1.165, 1.54) is 30.3 Å². The van der Waals surface area contributed by atoms with Crippen molar-refractivity contribution in [3.8, 4) is 5.75 Å². The lowest BCUT2D eigenvalue weighted by atomic mass is 10.1. The molecule has 29 heavy (non-hydrogen) atoms. The van der Waals surface area contributed by atoms with Crippen LogP contribution in [0.25, 0.3) is 6.08 Å². The predicted molar refractivity (Wildman–Crippen MR) is 104 cm³/mol. The molecule has 0 aliphatic carbocycles. The van der Waals surface area contributed by atoms with Crippen LogP contribution in [0.3, 0.4) is 0 Å². The lowest BCUT2D eigenvalue weighted by Gasteiger charge is -2.10. The average Bonchev–Trinajstić information content (AvgIpc) is 3.09. The zero-order valence-electron chi connectivity index (χ0n) is 15.1. The molecule has 0 saturated heterocycles. The molecular weight excluding hydrogens is 376 g/mol. The lowest BCUT2D eigenvalue weighted by molar-refractivity contribution is -0.129. The third-order valence-electron chi connectivity index (χ3n) is 4.24. The summed E-state index contributed by atoms with van der Waals surface area (Å²) in [6.45, 7) is 0.0368. The highest BCUT2D eigenvalue weighted by Crippen LogP contribution is 2.26. The van der Waals surface area contributed by atoms with Crippen molar-refractivity contribution in [3.05, 3.63) is 107 Å². The van der Waals surface area contributed by atoms with Gasteiger partial charge in [0.25, 0.3) is 0 Å². The van der Waals surface area contributed by atoms with Crippen LogP contribution in [0.15, 0.2) is 83.5 Å². The Morgan fingerprint density at radius 3 is 2.59 bits per heavy atom.